The molecule has 0 fully saturated rings. The molecule has 0 spiro atoms. The highest BCUT2D eigenvalue weighted by Crippen LogP contribution is 2.31. The zero-order valence-electron chi connectivity index (χ0n) is 11.6. The van der Waals surface area contributed by atoms with Crippen LogP contribution in [0.5, 0.6) is 5.75 Å². The highest BCUT2D eigenvalue weighted by atomic mass is 35.5. The second-order valence-electron chi connectivity index (χ2n) is 4.20. The fourth-order valence-electron chi connectivity index (χ4n) is 1.59. The SMILES string of the molecule is COc1c(CN)cc(Cl)cc1S(=O)(=O)NCC(C)SC. The summed E-state index contributed by atoms with van der Waals surface area (Å²) in [5.41, 5.74) is 6.15. The molecule has 3 N–H and O–H groups in total. The van der Waals surface area contributed by atoms with Gasteiger partial charge in [-0.2, -0.15) is 11.8 Å². The van der Waals surface area contributed by atoms with Gasteiger partial charge in [-0.3, -0.25) is 0 Å². The first kappa shape index (κ1) is 17.6. The fraction of sp³-hybridized carbons (Fsp3) is 0.500. The van der Waals surface area contributed by atoms with Crippen LogP contribution < -0.4 is 15.2 Å². The molecule has 1 unspecified atom stereocenters. The molecule has 20 heavy (non-hydrogen) atoms. The van der Waals surface area contributed by atoms with Gasteiger partial charge in [-0.25, -0.2) is 13.1 Å². The molecule has 0 aliphatic heterocycles. The lowest BCUT2D eigenvalue weighted by molar-refractivity contribution is 0.397. The third-order valence-electron chi connectivity index (χ3n) is 2.77. The number of nitrogens with two attached hydrogens (primary N) is 1. The third-order valence-corrected chi connectivity index (χ3v) is 5.39. The molecule has 0 saturated heterocycles. The Morgan fingerprint density at radius 1 is 1.50 bits per heavy atom. The summed E-state index contributed by atoms with van der Waals surface area (Å²) in [5.74, 6) is 0.237. The molecule has 5 nitrogen and oxygen atoms in total. The molecule has 0 aliphatic rings. The molecule has 0 heterocycles. The summed E-state index contributed by atoms with van der Waals surface area (Å²) in [6.45, 7) is 2.41. The average molecular weight is 339 g/mol. The second kappa shape index (κ2) is 7.51. The lowest BCUT2D eigenvalue weighted by Crippen LogP contribution is -2.30. The molecule has 114 valence electrons. The van der Waals surface area contributed by atoms with Gasteiger partial charge >= 0.3 is 0 Å². The maximum atomic E-state index is 12.4. The first-order valence-corrected chi connectivity index (χ1v) is 9.09. The summed E-state index contributed by atoms with van der Waals surface area (Å²) in [6.07, 6.45) is 1.92. The van der Waals surface area contributed by atoms with Crippen LogP contribution in [0, 0.1) is 0 Å². The predicted octanol–water partition coefficient (Wildman–Crippen LogP) is 1.84. The van der Waals surface area contributed by atoms with E-state index in [9.17, 15) is 8.42 Å². The molecule has 0 bridgehead atoms. The van der Waals surface area contributed by atoms with Crippen molar-refractivity contribution in [2.75, 3.05) is 19.9 Å². The van der Waals surface area contributed by atoms with Gasteiger partial charge in [-0.1, -0.05) is 18.5 Å². The Kier molecular flexibility index (Phi) is 6.60. The van der Waals surface area contributed by atoms with Gasteiger partial charge in [0.2, 0.25) is 10.0 Å². The van der Waals surface area contributed by atoms with Crippen molar-refractivity contribution in [3.63, 3.8) is 0 Å². The van der Waals surface area contributed by atoms with Crippen molar-refractivity contribution in [1.82, 2.24) is 4.72 Å². The number of thioether (sulfide) groups is 1. The van der Waals surface area contributed by atoms with Gasteiger partial charge in [0.05, 0.1) is 7.11 Å². The lowest BCUT2D eigenvalue weighted by Gasteiger charge is -2.15. The van der Waals surface area contributed by atoms with Crippen molar-refractivity contribution in [2.45, 2.75) is 23.6 Å². The van der Waals surface area contributed by atoms with E-state index in [0.717, 1.165) is 0 Å². The number of hydrogen-bond acceptors (Lipinski definition) is 5. The first-order chi connectivity index (χ1) is 9.35. The van der Waals surface area contributed by atoms with Gasteiger partial charge in [-0.15, -0.1) is 0 Å². The predicted molar refractivity (Wildman–Crippen MR) is 84.1 cm³/mol. The zero-order chi connectivity index (χ0) is 15.3. The van der Waals surface area contributed by atoms with Crippen LogP contribution in [-0.2, 0) is 16.6 Å². The number of sulfonamides is 1. The number of benzene rings is 1. The number of hydrogen-bond donors (Lipinski definition) is 2. The van der Waals surface area contributed by atoms with E-state index in [4.69, 9.17) is 22.1 Å². The summed E-state index contributed by atoms with van der Waals surface area (Å²) in [7, 11) is -2.28. The average Bonchev–Trinajstić information content (AvgIpc) is 2.43. The summed E-state index contributed by atoms with van der Waals surface area (Å²) in [4.78, 5) is 0.0150. The van der Waals surface area contributed by atoms with Crippen molar-refractivity contribution in [3.05, 3.63) is 22.7 Å². The molecular formula is C12H19ClN2O3S2. The number of rotatable bonds is 7. The zero-order valence-corrected chi connectivity index (χ0v) is 14.0. The van der Waals surface area contributed by atoms with E-state index in [1.807, 2.05) is 13.2 Å². The van der Waals surface area contributed by atoms with Crippen molar-refractivity contribution in [2.24, 2.45) is 5.73 Å². The van der Waals surface area contributed by atoms with Crippen LogP contribution >= 0.6 is 23.4 Å². The molecule has 0 radical (unpaired) electrons. The van der Waals surface area contributed by atoms with E-state index in [0.29, 0.717) is 17.1 Å². The Labute approximate surface area is 129 Å². The molecule has 1 atom stereocenters. The van der Waals surface area contributed by atoms with Crippen molar-refractivity contribution < 1.29 is 13.2 Å². The number of methoxy groups -OCH3 is 1. The maximum absolute atomic E-state index is 12.4. The van der Waals surface area contributed by atoms with E-state index < -0.39 is 10.0 Å². The maximum Gasteiger partial charge on any atom is 0.244 e. The van der Waals surface area contributed by atoms with Gasteiger partial charge < -0.3 is 10.5 Å². The quantitative estimate of drug-likeness (QED) is 0.792. The van der Waals surface area contributed by atoms with Crippen LogP contribution in [0.1, 0.15) is 12.5 Å². The highest BCUT2D eigenvalue weighted by molar-refractivity contribution is 7.99. The molecule has 0 aromatic heterocycles. The van der Waals surface area contributed by atoms with Gasteiger partial charge in [0.15, 0.2) is 0 Å². The Bertz CT molecular complexity index is 564. The van der Waals surface area contributed by atoms with Crippen LogP contribution in [0.3, 0.4) is 0 Å². The number of ether oxygens (including phenoxy) is 1. The highest BCUT2D eigenvalue weighted by Gasteiger charge is 2.23. The van der Waals surface area contributed by atoms with Crippen LogP contribution in [0.2, 0.25) is 5.02 Å². The number of halogens is 1. The van der Waals surface area contributed by atoms with E-state index in [1.54, 1.807) is 17.8 Å². The molecule has 1 rings (SSSR count). The molecule has 1 aromatic rings. The standard InChI is InChI=1S/C12H19ClN2O3S2/c1-8(19-3)7-15-20(16,17)11-5-10(13)4-9(6-14)12(11)18-2/h4-5,8,15H,6-7,14H2,1-3H3. The largest absolute Gasteiger partial charge is 0.495 e. The van der Waals surface area contributed by atoms with Crippen LogP contribution in [0.15, 0.2) is 17.0 Å². The van der Waals surface area contributed by atoms with Gasteiger partial charge in [0.1, 0.15) is 10.6 Å². The molecule has 0 saturated carbocycles. The molecule has 1 aromatic carbocycles. The monoisotopic (exact) mass is 338 g/mol. The summed E-state index contributed by atoms with van der Waals surface area (Å²) < 4.78 is 32.4. The van der Waals surface area contributed by atoms with E-state index in [-0.39, 0.29) is 22.4 Å². The fourth-order valence-corrected chi connectivity index (χ4v) is 3.62. The van der Waals surface area contributed by atoms with Crippen molar-refractivity contribution >= 4 is 33.4 Å². The molecular weight excluding hydrogens is 320 g/mol. The Morgan fingerprint density at radius 2 is 2.15 bits per heavy atom. The third kappa shape index (κ3) is 4.26. The Balaban J connectivity index is 3.20. The van der Waals surface area contributed by atoms with Gasteiger partial charge in [0.25, 0.3) is 0 Å². The van der Waals surface area contributed by atoms with Crippen LogP contribution in [-0.4, -0.2) is 33.6 Å². The summed E-state index contributed by atoms with van der Waals surface area (Å²) in [6, 6.07) is 2.97. The minimum Gasteiger partial charge on any atom is -0.495 e. The van der Waals surface area contributed by atoms with Crippen LogP contribution in [0.25, 0.3) is 0 Å². The van der Waals surface area contributed by atoms with E-state index >= 15 is 0 Å². The van der Waals surface area contributed by atoms with Crippen molar-refractivity contribution in [3.8, 4) is 5.75 Å². The second-order valence-corrected chi connectivity index (χ2v) is 7.65. The van der Waals surface area contributed by atoms with Gasteiger partial charge in [-0.05, 0) is 18.4 Å². The normalized spacial score (nSPS) is 13.2. The molecule has 0 aliphatic carbocycles. The topological polar surface area (TPSA) is 81.4 Å². The van der Waals surface area contributed by atoms with Crippen LogP contribution in [0.4, 0.5) is 0 Å². The molecule has 8 heteroatoms. The lowest BCUT2D eigenvalue weighted by atomic mass is 10.2. The first-order valence-electron chi connectivity index (χ1n) is 5.94. The number of nitrogens with one attached hydrogen (secondary N) is 1. The van der Waals surface area contributed by atoms with E-state index in [2.05, 4.69) is 4.72 Å². The van der Waals surface area contributed by atoms with Crippen molar-refractivity contribution in [1.29, 1.82) is 0 Å². The van der Waals surface area contributed by atoms with Gasteiger partial charge in [0, 0.05) is 28.9 Å². The smallest absolute Gasteiger partial charge is 0.244 e. The summed E-state index contributed by atoms with van der Waals surface area (Å²) in [5, 5.41) is 0.480. The Morgan fingerprint density at radius 3 is 2.65 bits per heavy atom. The minimum absolute atomic E-state index is 0.0150. The Hall–Kier alpha value is -0.470. The minimum atomic E-state index is -3.69. The van der Waals surface area contributed by atoms with E-state index in [1.165, 1.54) is 13.2 Å². The molecule has 0 amide bonds. The summed E-state index contributed by atoms with van der Waals surface area (Å²) >= 11 is 7.52.